The fraction of sp³-hybridized carbons (Fsp3) is 1.00. The Kier molecular flexibility index (Phi) is 13.8. The summed E-state index contributed by atoms with van der Waals surface area (Å²) in [6, 6.07) is 0. The van der Waals surface area contributed by atoms with Gasteiger partial charge >= 0.3 is 40.0 Å². The monoisotopic (exact) mass is 229 g/mol. The van der Waals surface area contributed by atoms with Crippen LogP contribution in [0.1, 0.15) is 1.43 Å². The van der Waals surface area contributed by atoms with Crippen molar-refractivity contribution in [3.8, 4) is 0 Å². The summed E-state index contributed by atoms with van der Waals surface area (Å²) in [5, 5.41) is 26.7. The van der Waals surface area contributed by atoms with E-state index in [-0.39, 0.29) is 31.0 Å². The summed E-state index contributed by atoms with van der Waals surface area (Å²) < 4.78 is 31.6. The Morgan fingerprint density at radius 3 is 1.46 bits per heavy atom. The van der Waals surface area contributed by atoms with Gasteiger partial charge in [-0.3, -0.25) is 14.4 Å². The summed E-state index contributed by atoms with van der Waals surface area (Å²) in [7, 11) is -3.25. The summed E-state index contributed by atoms with van der Waals surface area (Å²) in [5.74, 6) is 0. The first-order chi connectivity index (χ1) is 5.18. The Balaban J connectivity index is -0.0000000651. The molecule has 0 aliphatic carbocycles. The molecule has 0 spiro atoms. The molecule has 0 bridgehead atoms. The molecule has 0 aromatic carbocycles. The molecule has 1 atom stereocenters. The first kappa shape index (κ1) is 19.3. The van der Waals surface area contributed by atoms with Gasteiger partial charge in [0.25, 0.3) is 0 Å². The number of aliphatic hydroxyl groups excluding tert-OH is 2. The second kappa shape index (κ2) is 9.27. The molecule has 0 aliphatic heterocycles. The van der Waals surface area contributed by atoms with Gasteiger partial charge in [0.1, 0.15) is 0 Å². The van der Waals surface area contributed by atoms with Crippen LogP contribution < -0.4 is 34.9 Å². The van der Waals surface area contributed by atoms with Gasteiger partial charge in [0, 0.05) is 0 Å². The van der Waals surface area contributed by atoms with Crippen molar-refractivity contribution in [3.63, 3.8) is 0 Å². The van der Waals surface area contributed by atoms with Gasteiger partial charge in [-0.15, -0.1) is 0 Å². The van der Waals surface area contributed by atoms with Crippen LogP contribution in [0.3, 0.4) is 0 Å². The van der Waals surface area contributed by atoms with Crippen molar-refractivity contribution >= 4 is 10.4 Å². The minimum Gasteiger partial charge on any atom is -1.00 e. The molecule has 0 saturated heterocycles. The van der Waals surface area contributed by atoms with Crippen molar-refractivity contribution in [3.05, 3.63) is 0 Å². The van der Waals surface area contributed by atoms with Crippen molar-refractivity contribution < 1.29 is 63.8 Å². The molecule has 0 amide bonds. The molecule has 0 rings (SSSR count). The minimum atomic E-state index is -4.67. The number of hydrogen-bond donors (Lipinski definition) is 6. The van der Waals surface area contributed by atoms with Crippen LogP contribution in [0.15, 0.2) is 0 Å². The van der Waals surface area contributed by atoms with E-state index in [0.29, 0.717) is 0 Å². The van der Waals surface area contributed by atoms with Crippen molar-refractivity contribution in [2.75, 3.05) is 7.05 Å². The summed E-state index contributed by atoms with van der Waals surface area (Å²) in [6.45, 7) is 0. The summed E-state index contributed by atoms with van der Waals surface area (Å²) >= 11 is 0. The smallest absolute Gasteiger partial charge is 1.00 e. The van der Waals surface area contributed by atoms with E-state index in [9.17, 15) is 0 Å². The quantitative estimate of drug-likeness (QED) is 0.156. The van der Waals surface area contributed by atoms with Gasteiger partial charge in [0.15, 0.2) is 12.5 Å². The molecule has 0 radical (unpaired) electrons. The Hall–Kier alpha value is 0.710. The number of likely N-dealkylation sites (N-methyl/N-ethyl adjacent to an activating group) is 1. The molecular weight excluding hydrogens is 217 g/mol. The Morgan fingerprint density at radius 2 is 1.46 bits per heavy atom. The zero-order chi connectivity index (χ0) is 10.4. The molecule has 6 N–H and O–H groups in total. The third kappa shape index (κ3) is 32.4. The molecule has 8 nitrogen and oxygen atoms in total. The summed E-state index contributed by atoms with van der Waals surface area (Å²) in [5.41, 5.74) is 0. The molecule has 78 valence electrons. The van der Waals surface area contributed by atoms with E-state index >= 15 is 0 Å². The van der Waals surface area contributed by atoms with E-state index in [0.717, 1.165) is 0 Å². The molecule has 0 saturated carbocycles. The molecule has 1 unspecified atom stereocenters. The van der Waals surface area contributed by atoms with Crippen LogP contribution in [0.4, 0.5) is 0 Å². The summed E-state index contributed by atoms with van der Waals surface area (Å²) in [6.07, 6.45) is -2.93. The number of nitrogens with one attached hydrogen (secondary N) is 1. The number of hydrogen-bond acceptors (Lipinski definition) is 6. The standard InChI is InChI=1S/C3H9NO3.Na.H2O4S.H/c1-4-2(5)3(6)7;;1-5(2,3)4;/h2-7H,1H3;;(H2,1,2,3,4);/q;+1;;-1. The van der Waals surface area contributed by atoms with E-state index < -0.39 is 22.9 Å². The minimum absolute atomic E-state index is 0. The Bertz CT molecular complexity index is 189. The van der Waals surface area contributed by atoms with Crippen molar-refractivity contribution in [2.24, 2.45) is 0 Å². The van der Waals surface area contributed by atoms with Crippen molar-refractivity contribution in [1.82, 2.24) is 5.32 Å². The van der Waals surface area contributed by atoms with E-state index in [1.165, 1.54) is 7.05 Å². The Morgan fingerprint density at radius 1 is 1.23 bits per heavy atom. The second-order valence-electron chi connectivity index (χ2n) is 1.59. The van der Waals surface area contributed by atoms with Crippen LogP contribution in [-0.2, 0) is 10.4 Å². The van der Waals surface area contributed by atoms with Gasteiger partial charge in [-0.05, 0) is 7.05 Å². The maximum Gasteiger partial charge on any atom is 1.00 e. The van der Waals surface area contributed by atoms with Crippen molar-refractivity contribution in [2.45, 2.75) is 12.5 Å². The fourth-order valence-electron chi connectivity index (χ4n) is 0.149. The normalized spacial score (nSPS) is 12.5. The SMILES string of the molecule is CNC(O)C(O)O.O=S(=O)(O)O.[H-].[Na+]. The fourth-order valence-corrected chi connectivity index (χ4v) is 0.149. The first-order valence-corrected chi connectivity index (χ1v) is 3.99. The molecule has 13 heavy (non-hydrogen) atoms. The molecule has 0 heterocycles. The van der Waals surface area contributed by atoms with Crippen LogP contribution in [0, 0.1) is 0 Å². The predicted molar refractivity (Wildman–Crippen MR) is 38.6 cm³/mol. The average molecular weight is 229 g/mol. The zero-order valence-electron chi connectivity index (χ0n) is 8.12. The second-order valence-corrected chi connectivity index (χ2v) is 2.49. The summed E-state index contributed by atoms with van der Waals surface area (Å²) in [4.78, 5) is 0. The van der Waals surface area contributed by atoms with Gasteiger partial charge in [-0.1, -0.05) is 0 Å². The van der Waals surface area contributed by atoms with Crippen LogP contribution in [0.5, 0.6) is 0 Å². The maximum atomic E-state index is 8.74. The molecular formula is C3H12NNaO7S. The van der Waals surface area contributed by atoms with Crippen molar-refractivity contribution in [1.29, 1.82) is 0 Å². The van der Waals surface area contributed by atoms with Gasteiger partial charge in [-0.25, -0.2) is 0 Å². The largest absolute Gasteiger partial charge is 1.00 e. The maximum absolute atomic E-state index is 8.74. The average Bonchev–Trinajstić information content (AvgIpc) is 1.82. The van der Waals surface area contributed by atoms with E-state index in [2.05, 4.69) is 5.32 Å². The topological polar surface area (TPSA) is 147 Å². The number of aliphatic hydroxyl groups is 3. The van der Waals surface area contributed by atoms with Gasteiger partial charge < -0.3 is 16.7 Å². The van der Waals surface area contributed by atoms with Gasteiger partial charge in [0.2, 0.25) is 0 Å². The zero-order valence-corrected chi connectivity index (χ0v) is 9.93. The van der Waals surface area contributed by atoms with Crippen LogP contribution in [-0.4, -0.2) is 52.4 Å². The van der Waals surface area contributed by atoms with Crippen LogP contribution >= 0.6 is 0 Å². The van der Waals surface area contributed by atoms with E-state index in [1.54, 1.807) is 0 Å². The Labute approximate surface area is 98.9 Å². The van der Waals surface area contributed by atoms with Gasteiger partial charge in [-0.2, -0.15) is 8.42 Å². The first-order valence-electron chi connectivity index (χ1n) is 2.60. The van der Waals surface area contributed by atoms with E-state index in [1.807, 2.05) is 0 Å². The third-order valence-electron chi connectivity index (χ3n) is 0.578. The van der Waals surface area contributed by atoms with E-state index in [4.69, 9.17) is 32.8 Å². The molecule has 0 aromatic heterocycles. The molecule has 0 aliphatic rings. The van der Waals surface area contributed by atoms with Crippen LogP contribution in [0.25, 0.3) is 0 Å². The molecule has 0 aromatic rings. The van der Waals surface area contributed by atoms with Crippen LogP contribution in [0.2, 0.25) is 0 Å². The van der Waals surface area contributed by atoms with Gasteiger partial charge in [0.05, 0.1) is 0 Å². The molecule has 10 heteroatoms. The molecule has 0 fully saturated rings. The number of rotatable bonds is 2. The third-order valence-corrected chi connectivity index (χ3v) is 0.578. The predicted octanol–water partition coefficient (Wildman–Crippen LogP) is -5.70.